The van der Waals surface area contributed by atoms with Crippen LogP contribution in [-0.4, -0.2) is 32.3 Å². The SMILES string of the molecule is COc1cc(Oc2ccc(-c3nc(Nc4cccc(C)c4)n[nH]3)cc2)ncn1. The summed E-state index contributed by atoms with van der Waals surface area (Å²) < 4.78 is 10.8. The summed E-state index contributed by atoms with van der Waals surface area (Å²) in [6.45, 7) is 2.04. The molecule has 0 saturated carbocycles. The lowest BCUT2D eigenvalue weighted by Crippen LogP contribution is -1.93. The molecule has 8 heteroatoms. The lowest BCUT2D eigenvalue weighted by Gasteiger charge is -2.06. The number of benzene rings is 2. The van der Waals surface area contributed by atoms with Crippen molar-refractivity contribution in [2.45, 2.75) is 6.92 Å². The number of nitrogens with one attached hydrogen (secondary N) is 2. The summed E-state index contributed by atoms with van der Waals surface area (Å²) >= 11 is 0. The Labute approximate surface area is 161 Å². The van der Waals surface area contributed by atoms with E-state index < -0.39 is 0 Å². The average molecular weight is 374 g/mol. The molecule has 0 amide bonds. The molecule has 28 heavy (non-hydrogen) atoms. The second-order valence-corrected chi connectivity index (χ2v) is 6.03. The molecule has 0 saturated heterocycles. The molecule has 2 aromatic carbocycles. The summed E-state index contributed by atoms with van der Waals surface area (Å²) in [6, 6.07) is 17.1. The molecule has 4 aromatic rings. The van der Waals surface area contributed by atoms with E-state index in [-0.39, 0.29) is 0 Å². The molecule has 0 radical (unpaired) electrons. The van der Waals surface area contributed by atoms with Gasteiger partial charge in [0.1, 0.15) is 12.1 Å². The van der Waals surface area contributed by atoms with Crippen LogP contribution in [0.1, 0.15) is 5.56 Å². The Morgan fingerprint density at radius 1 is 0.964 bits per heavy atom. The highest BCUT2D eigenvalue weighted by molar-refractivity contribution is 5.60. The van der Waals surface area contributed by atoms with Crippen LogP contribution >= 0.6 is 0 Å². The van der Waals surface area contributed by atoms with Crippen molar-refractivity contribution in [2.24, 2.45) is 0 Å². The van der Waals surface area contributed by atoms with Crippen molar-refractivity contribution in [3.8, 4) is 28.9 Å². The fourth-order valence-electron chi connectivity index (χ4n) is 2.59. The Hall–Kier alpha value is -3.94. The topological polar surface area (TPSA) is 97.8 Å². The normalized spacial score (nSPS) is 10.5. The van der Waals surface area contributed by atoms with Crippen molar-refractivity contribution in [1.29, 1.82) is 0 Å². The van der Waals surface area contributed by atoms with Gasteiger partial charge in [-0.3, -0.25) is 5.10 Å². The minimum atomic E-state index is 0.406. The van der Waals surface area contributed by atoms with E-state index in [4.69, 9.17) is 9.47 Å². The Balaban J connectivity index is 1.46. The maximum atomic E-state index is 5.72. The zero-order chi connectivity index (χ0) is 19.3. The largest absolute Gasteiger partial charge is 0.481 e. The Kier molecular flexibility index (Phi) is 4.83. The van der Waals surface area contributed by atoms with Gasteiger partial charge in [-0.15, -0.1) is 5.10 Å². The van der Waals surface area contributed by atoms with Gasteiger partial charge < -0.3 is 14.8 Å². The van der Waals surface area contributed by atoms with Crippen LogP contribution in [0.3, 0.4) is 0 Å². The lowest BCUT2D eigenvalue weighted by molar-refractivity contribution is 0.388. The molecule has 0 fully saturated rings. The van der Waals surface area contributed by atoms with Crippen LogP contribution < -0.4 is 14.8 Å². The smallest absolute Gasteiger partial charge is 0.246 e. The molecular formula is C20H18N6O2. The van der Waals surface area contributed by atoms with Gasteiger partial charge >= 0.3 is 0 Å². The van der Waals surface area contributed by atoms with Gasteiger partial charge in [-0.2, -0.15) is 4.98 Å². The Morgan fingerprint density at radius 3 is 2.57 bits per heavy atom. The third-order valence-electron chi connectivity index (χ3n) is 3.94. The lowest BCUT2D eigenvalue weighted by atomic mass is 10.2. The first kappa shape index (κ1) is 17.5. The van der Waals surface area contributed by atoms with E-state index >= 15 is 0 Å². The highest BCUT2D eigenvalue weighted by atomic mass is 16.5. The summed E-state index contributed by atoms with van der Waals surface area (Å²) in [6.07, 6.45) is 1.39. The molecule has 140 valence electrons. The van der Waals surface area contributed by atoms with Crippen LogP contribution in [0.2, 0.25) is 0 Å². The number of aromatic amines is 1. The molecular weight excluding hydrogens is 356 g/mol. The van der Waals surface area contributed by atoms with E-state index in [9.17, 15) is 0 Å². The average Bonchev–Trinajstić information content (AvgIpc) is 3.17. The fourth-order valence-corrected chi connectivity index (χ4v) is 2.59. The van der Waals surface area contributed by atoms with E-state index in [1.54, 1.807) is 13.2 Å². The first-order valence-corrected chi connectivity index (χ1v) is 8.60. The molecule has 0 unspecified atom stereocenters. The maximum absolute atomic E-state index is 5.72. The number of anilines is 2. The zero-order valence-corrected chi connectivity index (χ0v) is 15.4. The molecule has 0 atom stereocenters. The Morgan fingerprint density at radius 2 is 1.79 bits per heavy atom. The van der Waals surface area contributed by atoms with Crippen molar-refractivity contribution in [2.75, 3.05) is 12.4 Å². The molecule has 2 aromatic heterocycles. The van der Waals surface area contributed by atoms with E-state index in [2.05, 4.69) is 30.5 Å². The van der Waals surface area contributed by atoms with Gasteiger partial charge in [0.15, 0.2) is 5.82 Å². The number of rotatable bonds is 6. The predicted octanol–water partition coefficient (Wildman–Crippen LogP) is 4.11. The monoisotopic (exact) mass is 374 g/mol. The van der Waals surface area contributed by atoms with Gasteiger partial charge in [0.2, 0.25) is 17.7 Å². The van der Waals surface area contributed by atoms with Crippen LogP contribution in [0.4, 0.5) is 11.6 Å². The summed E-state index contributed by atoms with van der Waals surface area (Å²) in [5.41, 5.74) is 2.99. The zero-order valence-electron chi connectivity index (χ0n) is 15.4. The highest BCUT2D eigenvalue weighted by Gasteiger charge is 2.07. The standard InChI is InChI=1S/C20H18N6O2/c1-13-4-3-5-15(10-13)23-20-24-19(25-26-20)14-6-8-16(9-7-14)28-18-11-17(27-2)21-12-22-18/h3-12H,1-2H3,(H2,23,24,25,26). The Bertz CT molecular complexity index is 1080. The molecule has 0 aliphatic rings. The number of aryl methyl sites for hydroxylation is 1. The summed E-state index contributed by atoms with van der Waals surface area (Å²) in [5, 5.41) is 10.3. The first-order valence-electron chi connectivity index (χ1n) is 8.60. The van der Waals surface area contributed by atoms with Crippen LogP contribution in [-0.2, 0) is 0 Å². The number of methoxy groups -OCH3 is 1. The maximum Gasteiger partial charge on any atom is 0.246 e. The number of H-pyrrole nitrogens is 1. The molecule has 0 bridgehead atoms. The van der Waals surface area contributed by atoms with Crippen molar-refractivity contribution in [3.63, 3.8) is 0 Å². The second kappa shape index (κ2) is 7.75. The van der Waals surface area contributed by atoms with Crippen LogP contribution in [0, 0.1) is 6.92 Å². The van der Waals surface area contributed by atoms with Crippen LogP contribution in [0.5, 0.6) is 17.5 Å². The summed E-state index contributed by atoms with van der Waals surface area (Å²) in [7, 11) is 1.54. The van der Waals surface area contributed by atoms with E-state index in [1.165, 1.54) is 6.33 Å². The van der Waals surface area contributed by atoms with Gasteiger partial charge in [0.25, 0.3) is 0 Å². The van der Waals surface area contributed by atoms with Crippen molar-refractivity contribution < 1.29 is 9.47 Å². The number of ether oxygens (including phenoxy) is 2. The fraction of sp³-hybridized carbons (Fsp3) is 0.100. The minimum absolute atomic E-state index is 0.406. The van der Waals surface area contributed by atoms with Gasteiger partial charge in [-0.25, -0.2) is 9.97 Å². The van der Waals surface area contributed by atoms with Crippen LogP contribution in [0.15, 0.2) is 60.9 Å². The molecule has 2 heterocycles. The molecule has 0 spiro atoms. The van der Waals surface area contributed by atoms with Gasteiger partial charge in [0, 0.05) is 11.3 Å². The first-order chi connectivity index (χ1) is 13.7. The minimum Gasteiger partial charge on any atom is -0.481 e. The predicted molar refractivity (Wildman–Crippen MR) is 105 cm³/mol. The molecule has 0 aliphatic carbocycles. The van der Waals surface area contributed by atoms with Crippen LogP contribution in [0.25, 0.3) is 11.4 Å². The van der Waals surface area contributed by atoms with Gasteiger partial charge in [-0.05, 0) is 48.9 Å². The third-order valence-corrected chi connectivity index (χ3v) is 3.94. The number of hydrogen-bond donors (Lipinski definition) is 2. The quantitative estimate of drug-likeness (QED) is 0.524. The molecule has 2 N–H and O–H groups in total. The highest BCUT2D eigenvalue weighted by Crippen LogP contribution is 2.25. The van der Waals surface area contributed by atoms with Gasteiger partial charge in [-0.1, -0.05) is 12.1 Å². The van der Waals surface area contributed by atoms with Crippen molar-refractivity contribution in [3.05, 3.63) is 66.5 Å². The van der Waals surface area contributed by atoms with E-state index in [0.717, 1.165) is 16.8 Å². The van der Waals surface area contributed by atoms with E-state index in [0.29, 0.717) is 29.3 Å². The molecule has 4 rings (SSSR count). The van der Waals surface area contributed by atoms with E-state index in [1.807, 2.05) is 55.5 Å². The number of nitrogens with zero attached hydrogens (tertiary/aromatic N) is 4. The van der Waals surface area contributed by atoms with Gasteiger partial charge in [0.05, 0.1) is 13.2 Å². The third kappa shape index (κ3) is 4.07. The summed E-state index contributed by atoms with van der Waals surface area (Å²) in [5.74, 6) is 2.65. The van der Waals surface area contributed by atoms with Crippen molar-refractivity contribution in [1.82, 2.24) is 25.1 Å². The second-order valence-electron chi connectivity index (χ2n) is 6.03. The molecule has 0 aliphatic heterocycles. The number of hydrogen-bond acceptors (Lipinski definition) is 7. The number of aromatic nitrogens is 5. The molecule has 8 nitrogen and oxygen atoms in total. The van der Waals surface area contributed by atoms with Crippen molar-refractivity contribution >= 4 is 11.6 Å². The summed E-state index contributed by atoms with van der Waals surface area (Å²) in [4.78, 5) is 12.5.